The predicted molar refractivity (Wildman–Crippen MR) is 114 cm³/mol. The Balaban J connectivity index is 2.37. The Kier molecular flexibility index (Phi) is 7.24. The van der Waals surface area contributed by atoms with Crippen LogP contribution < -0.4 is 10.2 Å². The molecule has 0 unspecified atom stereocenters. The summed E-state index contributed by atoms with van der Waals surface area (Å²) in [7, 11) is 0.208. The maximum Gasteiger partial charge on any atom is 0.220 e. The predicted octanol–water partition coefficient (Wildman–Crippen LogP) is 3.74. The van der Waals surface area contributed by atoms with Crippen LogP contribution in [0.3, 0.4) is 0 Å². The molecule has 0 fully saturated rings. The Hall–Kier alpha value is -2.34. The number of hydrogen-bond donors (Lipinski definition) is 1. The second-order valence-corrected chi connectivity index (χ2v) is 9.87. The van der Waals surface area contributed by atoms with Crippen LogP contribution >= 0.6 is 0 Å². The third-order valence-electron chi connectivity index (χ3n) is 4.58. The van der Waals surface area contributed by atoms with E-state index in [1.54, 1.807) is 24.3 Å². The Morgan fingerprint density at radius 3 is 2.07 bits per heavy atom. The molecule has 0 saturated heterocycles. The monoisotopic (exact) mass is 402 g/mol. The summed E-state index contributed by atoms with van der Waals surface area (Å²) >= 11 is 0. The van der Waals surface area contributed by atoms with Crippen LogP contribution in [0.4, 0.5) is 5.69 Å². The Labute approximate surface area is 168 Å². The zero-order valence-electron chi connectivity index (χ0n) is 17.3. The minimum Gasteiger partial charge on any atom is -0.378 e. The second-order valence-electron chi connectivity index (χ2n) is 7.73. The number of sulfone groups is 1. The average molecular weight is 403 g/mol. The molecule has 1 amide bonds. The summed E-state index contributed by atoms with van der Waals surface area (Å²) in [5.41, 5.74) is 2.64. The summed E-state index contributed by atoms with van der Waals surface area (Å²) < 4.78 is 26.7. The van der Waals surface area contributed by atoms with Gasteiger partial charge in [0.15, 0.2) is 9.84 Å². The van der Waals surface area contributed by atoms with Gasteiger partial charge in [0.05, 0.1) is 4.90 Å². The minimum atomic E-state index is -3.66. The fraction of sp³-hybridized carbons (Fsp3) is 0.409. The zero-order valence-corrected chi connectivity index (χ0v) is 18.1. The molecule has 0 radical (unpaired) electrons. The van der Waals surface area contributed by atoms with Crippen molar-refractivity contribution in [1.82, 2.24) is 5.32 Å². The van der Waals surface area contributed by atoms with Gasteiger partial charge >= 0.3 is 0 Å². The van der Waals surface area contributed by atoms with Crippen LogP contribution in [-0.4, -0.2) is 35.0 Å². The first kappa shape index (κ1) is 22.0. The third kappa shape index (κ3) is 5.58. The van der Waals surface area contributed by atoms with Gasteiger partial charge < -0.3 is 10.2 Å². The van der Waals surface area contributed by atoms with Crippen molar-refractivity contribution in [3.05, 3.63) is 59.7 Å². The molecule has 0 aromatic heterocycles. The van der Waals surface area contributed by atoms with Crippen molar-refractivity contribution in [3.8, 4) is 0 Å². The van der Waals surface area contributed by atoms with Gasteiger partial charge in [-0.2, -0.15) is 0 Å². The molecule has 1 atom stereocenters. The quantitative estimate of drug-likeness (QED) is 0.730. The molecule has 2 rings (SSSR count). The van der Waals surface area contributed by atoms with Crippen molar-refractivity contribution in [2.75, 3.05) is 25.5 Å². The first-order valence-corrected chi connectivity index (χ1v) is 11.0. The molecule has 0 bridgehead atoms. The van der Waals surface area contributed by atoms with Gasteiger partial charge in [0.2, 0.25) is 5.91 Å². The van der Waals surface area contributed by atoms with Crippen LogP contribution in [0.15, 0.2) is 53.4 Å². The van der Waals surface area contributed by atoms with Gasteiger partial charge in [-0.3, -0.25) is 4.79 Å². The Morgan fingerprint density at radius 1 is 1.00 bits per heavy atom. The lowest BCUT2D eigenvalue weighted by atomic mass is 10.1. The van der Waals surface area contributed by atoms with E-state index in [0.717, 1.165) is 11.3 Å². The van der Waals surface area contributed by atoms with Crippen LogP contribution in [0.2, 0.25) is 0 Å². The molecular weight excluding hydrogens is 372 g/mol. The maximum atomic E-state index is 13.3. The lowest BCUT2D eigenvalue weighted by Crippen LogP contribution is -2.32. The van der Waals surface area contributed by atoms with E-state index >= 15 is 0 Å². The van der Waals surface area contributed by atoms with E-state index in [1.807, 2.05) is 64.0 Å². The summed E-state index contributed by atoms with van der Waals surface area (Å²) in [5.74, 6) is 0.0792. The van der Waals surface area contributed by atoms with Crippen molar-refractivity contribution in [2.45, 2.75) is 37.3 Å². The number of carbonyl (C=O) groups is 1. The fourth-order valence-electron chi connectivity index (χ4n) is 2.94. The van der Waals surface area contributed by atoms with Crippen LogP contribution in [0.1, 0.15) is 36.6 Å². The highest BCUT2D eigenvalue weighted by Gasteiger charge is 2.29. The molecule has 2 aromatic carbocycles. The molecular formula is C22H30N2O3S. The van der Waals surface area contributed by atoms with Crippen LogP contribution in [0.5, 0.6) is 0 Å². The fourth-order valence-corrected chi connectivity index (χ4v) is 4.60. The lowest BCUT2D eigenvalue weighted by molar-refractivity contribution is -0.121. The molecule has 1 N–H and O–H groups in total. The van der Waals surface area contributed by atoms with Gasteiger partial charge in [-0.15, -0.1) is 0 Å². The molecule has 0 heterocycles. The number of nitrogens with zero attached hydrogens (tertiary/aromatic N) is 1. The highest BCUT2D eigenvalue weighted by molar-refractivity contribution is 7.91. The van der Waals surface area contributed by atoms with Gasteiger partial charge in [-0.25, -0.2) is 8.42 Å². The van der Waals surface area contributed by atoms with Gasteiger partial charge in [0.1, 0.15) is 5.25 Å². The Morgan fingerprint density at radius 2 is 1.57 bits per heavy atom. The van der Waals surface area contributed by atoms with Gasteiger partial charge in [0, 0.05) is 32.7 Å². The topological polar surface area (TPSA) is 66.5 Å². The number of aryl methyl sites for hydroxylation is 1. The summed E-state index contributed by atoms with van der Waals surface area (Å²) in [6.45, 7) is 5.88. The third-order valence-corrected chi connectivity index (χ3v) is 6.70. The largest absolute Gasteiger partial charge is 0.378 e. The number of anilines is 1. The van der Waals surface area contributed by atoms with E-state index in [0.29, 0.717) is 12.0 Å². The van der Waals surface area contributed by atoms with Gasteiger partial charge in [0.25, 0.3) is 0 Å². The first-order chi connectivity index (χ1) is 13.1. The summed E-state index contributed by atoms with van der Waals surface area (Å²) in [6, 6.07) is 14.3. The Bertz CT molecular complexity index is 886. The molecule has 0 spiro atoms. The zero-order chi connectivity index (χ0) is 20.9. The van der Waals surface area contributed by atoms with Crippen molar-refractivity contribution in [2.24, 2.45) is 5.92 Å². The number of nitrogens with one attached hydrogen (secondary N) is 1. The average Bonchev–Trinajstić information content (AvgIpc) is 2.62. The molecule has 2 aromatic rings. The van der Waals surface area contributed by atoms with Gasteiger partial charge in [-0.1, -0.05) is 43.7 Å². The summed E-state index contributed by atoms with van der Waals surface area (Å²) in [6.07, 6.45) is 0.372. The number of amides is 1. The van der Waals surface area contributed by atoms with Crippen LogP contribution in [-0.2, 0) is 14.6 Å². The van der Waals surface area contributed by atoms with Crippen molar-refractivity contribution >= 4 is 21.4 Å². The van der Waals surface area contributed by atoms with Crippen LogP contribution in [0.25, 0.3) is 0 Å². The lowest BCUT2D eigenvalue weighted by Gasteiger charge is -2.21. The van der Waals surface area contributed by atoms with Crippen molar-refractivity contribution in [3.63, 3.8) is 0 Å². The number of benzene rings is 2. The molecule has 152 valence electrons. The molecule has 0 saturated carbocycles. The molecule has 6 heteroatoms. The van der Waals surface area contributed by atoms with E-state index in [2.05, 4.69) is 5.32 Å². The van der Waals surface area contributed by atoms with E-state index in [1.165, 1.54) is 0 Å². The van der Waals surface area contributed by atoms with E-state index in [4.69, 9.17) is 0 Å². The SMILES string of the molecule is Cc1ccc(S(=O)(=O)[C@H](CNC(=O)CC(C)C)c2ccc(N(C)C)cc2)cc1. The van der Waals surface area contributed by atoms with E-state index in [-0.39, 0.29) is 23.3 Å². The summed E-state index contributed by atoms with van der Waals surface area (Å²) in [4.78, 5) is 14.3. The summed E-state index contributed by atoms with van der Waals surface area (Å²) in [5, 5.41) is 1.96. The molecule has 5 nitrogen and oxygen atoms in total. The second kappa shape index (κ2) is 9.24. The van der Waals surface area contributed by atoms with Crippen molar-refractivity contribution in [1.29, 1.82) is 0 Å². The number of hydrogen-bond acceptors (Lipinski definition) is 4. The number of rotatable bonds is 8. The number of carbonyl (C=O) groups excluding carboxylic acids is 1. The molecule has 0 aliphatic heterocycles. The standard InChI is InChI=1S/C22H30N2O3S/c1-16(2)14-22(25)23-15-21(18-8-10-19(11-9-18)24(4)5)28(26,27)20-12-6-17(3)7-13-20/h6-13,16,21H,14-15H2,1-5H3,(H,23,25)/t21-/m1/s1. The molecule has 0 aliphatic carbocycles. The highest BCUT2D eigenvalue weighted by atomic mass is 32.2. The maximum absolute atomic E-state index is 13.3. The van der Waals surface area contributed by atoms with E-state index < -0.39 is 15.1 Å². The van der Waals surface area contributed by atoms with E-state index in [9.17, 15) is 13.2 Å². The minimum absolute atomic E-state index is 0.0447. The van der Waals surface area contributed by atoms with Crippen molar-refractivity contribution < 1.29 is 13.2 Å². The molecule has 28 heavy (non-hydrogen) atoms. The highest BCUT2D eigenvalue weighted by Crippen LogP contribution is 2.30. The first-order valence-electron chi connectivity index (χ1n) is 9.46. The normalized spacial score (nSPS) is 12.6. The smallest absolute Gasteiger partial charge is 0.220 e. The van der Waals surface area contributed by atoms with Gasteiger partial charge in [-0.05, 0) is 42.7 Å². The molecule has 0 aliphatic rings. The van der Waals surface area contributed by atoms with Crippen LogP contribution in [0, 0.1) is 12.8 Å².